The fourth-order valence-corrected chi connectivity index (χ4v) is 2.98. The predicted molar refractivity (Wildman–Crippen MR) is 82.9 cm³/mol. The van der Waals surface area contributed by atoms with Gasteiger partial charge in [-0.15, -0.1) is 11.3 Å². The number of aliphatic carboxylic acids is 1. The number of ether oxygens (including phenoxy) is 1. The molecule has 0 atom stereocenters. The number of nitrogens with zero attached hydrogens (tertiary/aromatic N) is 2. The fraction of sp³-hybridized carbons (Fsp3) is 0.286. The zero-order valence-electron chi connectivity index (χ0n) is 12.7. The van der Waals surface area contributed by atoms with Crippen molar-refractivity contribution in [3.05, 3.63) is 34.0 Å². The molecule has 2 aromatic rings. The molecule has 0 aliphatic rings. The van der Waals surface area contributed by atoms with Gasteiger partial charge in [-0.2, -0.15) is 5.10 Å². The minimum absolute atomic E-state index is 0.0609. The maximum Gasteiger partial charge on any atom is 0.341 e. The van der Waals surface area contributed by atoms with Crippen molar-refractivity contribution in [3.63, 3.8) is 0 Å². The van der Waals surface area contributed by atoms with Crippen LogP contribution in [0, 0.1) is 13.8 Å². The summed E-state index contributed by atoms with van der Waals surface area (Å²) in [5, 5.41) is 15.6. The first-order chi connectivity index (χ1) is 10.8. The van der Waals surface area contributed by atoms with Gasteiger partial charge in [0, 0.05) is 11.1 Å². The predicted octanol–water partition coefficient (Wildman–Crippen LogP) is 1.68. The number of hydrogen-bond donors (Lipinski definition) is 2. The quantitative estimate of drug-likeness (QED) is 0.803. The average molecular weight is 337 g/mol. The molecule has 0 aromatic carbocycles. The third kappa shape index (κ3) is 3.57. The van der Waals surface area contributed by atoms with Crippen molar-refractivity contribution in [1.29, 1.82) is 0 Å². The number of amides is 1. The van der Waals surface area contributed by atoms with Crippen LogP contribution in [0.1, 0.15) is 31.3 Å². The third-order valence-corrected chi connectivity index (χ3v) is 4.30. The fourth-order valence-electron chi connectivity index (χ4n) is 1.94. The van der Waals surface area contributed by atoms with Crippen molar-refractivity contribution in [3.8, 4) is 0 Å². The van der Waals surface area contributed by atoms with E-state index in [2.05, 4.69) is 10.4 Å². The van der Waals surface area contributed by atoms with Crippen molar-refractivity contribution in [2.75, 3.05) is 12.4 Å². The van der Waals surface area contributed by atoms with E-state index in [0.717, 1.165) is 15.1 Å². The summed E-state index contributed by atoms with van der Waals surface area (Å²) in [6.07, 6.45) is 1.40. The Hall–Kier alpha value is -2.68. The van der Waals surface area contributed by atoms with Crippen LogP contribution in [0.15, 0.2) is 12.3 Å². The van der Waals surface area contributed by atoms with Gasteiger partial charge in [0.1, 0.15) is 11.5 Å². The highest BCUT2D eigenvalue weighted by Gasteiger charge is 2.22. The molecule has 0 saturated heterocycles. The second kappa shape index (κ2) is 6.61. The van der Waals surface area contributed by atoms with E-state index in [0.29, 0.717) is 10.6 Å². The molecule has 8 nitrogen and oxygen atoms in total. The summed E-state index contributed by atoms with van der Waals surface area (Å²) in [7, 11) is 1.27. The van der Waals surface area contributed by atoms with Crippen LogP contribution in [-0.4, -0.2) is 39.8 Å². The lowest BCUT2D eigenvalue weighted by atomic mass is 10.1. The Kier molecular flexibility index (Phi) is 4.80. The van der Waals surface area contributed by atoms with Crippen LogP contribution >= 0.6 is 11.3 Å². The van der Waals surface area contributed by atoms with E-state index in [1.807, 2.05) is 6.92 Å². The number of aromatic nitrogens is 2. The van der Waals surface area contributed by atoms with Crippen molar-refractivity contribution >= 4 is 34.2 Å². The maximum absolute atomic E-state index is 12.2. The molecule has 23 heavy (non-hydrogen) atoms. The van der Waals surface area contributed by atoms with Gasteiger partial charge in [-0.05, 0) is 25.5 Å². The number of carboxylic acids is 1. The topological polar surface area (TPSA) is 111 Å². The molecule has 0 spiro atoms. The second-order valence-corrected chi connectivity index (χ2v) is 5.95. The summed E-state index contributed by atoms with van der Waals surface area (Å²) in [4.78, 5) is 35.6. The lowest BCUT2D eigenvalue weighted by Gasteiger charge is -2.04. The van der Waals surface area contributed by atoms with E-state index >= 15 is 0 Å². The lowest BCUT2D eigenvalue weighted by molar-refractivity contribution is -0.137. The highest BCUT2D eigenvalue weighted by atomic mass is 32.1. The summed E-state index contributed by atoms with van der Waals surface area (Å²) in [6, 6.07) is 1.41. The number of carbonyl (C=O) groups is 3. The van der Waals surface area contributed by atoms with Crippen molar-refractivity contribution in [2.45, 2.75) is 20.4 Å². The molecule has 0 radical (unpaired) electrons. The van der Waals surface area contributed by atoms with Gasteiger partial charge in [0.25, 0.3) is 5.91 Å². The Balaban J connectivity index is 2.23. The van der Waals surface area contributed by atoms with E-state index < -0.39 is 17.8 Å². The number of thiophene rings is 1. The molecule has 0 unspecified atom stereocenters. The van der Waals surface area contributed by atoms with E-state index in [4.69, 9.17) is 9.84 Å². The molecule has 122 valence electrons. The molecule has 1 amide bonds. The summed E-state index contributed by atoms with van der Waals surface area (Å²) in [5.74, 6) is -2.11. The molecule has 2 N–H and O–H groups in total. The van der Waals surface area contributed by atoms with Crippen LogP contribution in [-0.2, 0) is 16.1 Å². The van der Waals surface area contributed by atoms with E-state index in [1.165, 1.54) is 30.7 Å². The second-order valence-electron chi connectivity index (χ2n) is 4.73. The monoisotopic (exact) mass is 337 g/mol. The van der Waals surface area contributed by atoms with Crippen LogP contribution in [0.4, 0.5) is 5.00 Å². The van der Waals surface area contributed by atoms with Crippen molar-refractivity contribution in [1.82, 2.24) is 9.78 Å². The Morgan fingerprint density at radius 1 is 1.39 bits per heavy atom. The number of esters is 1. The molecule has 2 rings (SSSR count). The molecule has 0 fully saturated rings. The average Bonchev–Trinajstić information content (AvgIpc) is 3.04. The lowest BCUT2D eigenvalue weighted by Crippen LogP contribution is -2.16. The van der Waals surface area contributed by atoms with Gasteiger partial charge >= 0.3 is 11.9 Å². The number of methoxy groups -OCH3 is 1. The number of carboxylic acid groups (broad SMARTS) is 1. The highest BCUT2D eigenvalue weighted by Crippen LogP contribution is 2.33. The summed E-state index contributed by atoms with van der Waals surface area (Å²) in [6.45, 7) is 3.27. The molecule has 2 aromatic heterocycles. The minimum atomic E-state index is -1.06. The number of anilines is 1. The molecular weight excluding hydrogens is 322 g/mol. The number of hydrogen-bond acceptors (Lipinski definition) is 6. The van der Waals surface area contributed by atoms with Gasteiger partial charge < -0.3 is 15.2 Å². The SMILES string of the molecule is COC(=O)c1c(NC(=O)c2ccn(CC(=O)O)n2)sc(C)c1C. The molecule has 0 aliphatic heterocycles. The first kappa shape index (κ1) is 16.7. The molecule has 0 bridgehead atoms. The zero-order chi connectivity index (χ0) is 17.1. The molecule has 0 saturated carbocycles. The molecule has 0 aliphatic carbocycles. The van der Waals surface area contributed by atoms with E-state index in [1.54, 1.807) is 6.92 Å². The Morgan fingerprint density at radius 3 is 2.70 bits per heavy atom. The first-order valence-corrected chi connectivity index (χ1v) is 7.40. The normalized spacial score (nSPS) is 10.4. The molecular formula is C14H15N3O5S. The standard InChI is InChI=1S/C14H15N3O5S/c1-7-8(2)23-13(11(7)14(21)22-3)15-12(20)9-4-5-17(16-9)6-10(18)19/h4-5H,6H2,1-3H3,(H,15,20)(H,18,19). The van der Waals surface area contributed by atoms with Gasteiger partial charge in [0.15, 0.2) is 5.69 Å². The Labute approximate surface area is 135 Å². The summed E-state index contributed by atoms with van der Waals surface area (Å²) >= 11 is 1.26. The van der Waals surface area contributed by atoms with Crippen LogP contribution in [0.3, 0.4) is 0 Å². The number of aryl methyl sites for hydroxylation is 1. The largest absolute Gasteiger partial charge is 0.480 e. The first-order valence-electron chi connectivity index (χ1n) is 6.58. The van der Waals surface area contributed by atoms with Gasteiger partial charge in [0.2, 0.25) is 0 Å². The maximum atomic E-state index is 12.2. The number of carbonyl (C=O) groups excluding carboxylic acids is 2. The van der Waals surface area contributed by atoms with Crippen LogP contribution in [0.2, 0.25) is 0 Å². The Morgan fingerprint density at radius 2 is 2.09 bits per heavy atom. The summed E-state index contributed by atoms with van der Waals surface area (Å²) in [5.41, 5.74) is 1.12. The van der Waals surface area contributed by atoms with Gasteiger partial charge in [0.05, 0.1) is 12.7 Å². The van der Waals surface area contributed by atoms with Crippen LogP contribution < -0.4 is 5.32 Å². The number of rotatable bonds is 5. The molecule has 2 heterocycles. The van der Waals surface area contributed by atoms with E-state index in [9.17, 15) is 14.4 Å². The Bertz CT molecular complexity index is 777. The minimum Gasteiger partial charge on any atom is -0.480 e. The zero-order valence-corrected chi connectivity index (χ0v) is 13.6. The molecule has 9 heteroatoms. The van der Waals surface area contributed by atoms with Gasteiger partial charge in [-0.1, -0.05) is 0 Å². The van der Waals surface area contributed by atoms with Crippen LogP contribution in [0.25, 0.3) is 0 Å². The van der Waals surface area contributed by atoms with Crippen molar-refractivity contribution in [2.24, 2.45) is 0 Å². The van der Waals surface area contributed by atoms with Crippen LogP contribution in [0.5, 0.6) is 0 Å². The number of nitrogens with one attached hydrogen (secondary N) is 1. The summed E-state index contributed by atoms with van der Waals surface area (Å²) < 4.78 is 5.88. The van der Waals surface area contributed by atoms with Crippen molar-refractivity contribution < 1.29 is 24.2 Å². The highest BCUT2D eigenvalue weighted by molar-refractivity contribution is 7.16. The third-order valence-electron chi connectivity index (χ3n) is 3.17. The smallest absolute Gasteiger partial charge is 0.341 e. The van der Waals surface area contributed by atoms with Gasteiger partial charge in [-0.3, -0.25) is 14.3 Å². The van der Waals surface area contributed by atoms with E-state index in [-0.39, 0.29) is 12.2 Å². The van der Waals surface area contributed by atoms with Gasteiger partial charge in [-0.25, -0.2) is 4.79 Å².